The van der Waals surface area contributed by atoms with Gasteiger partial charge in [-0.2, -0.15) is 16.9 Å². The number of aromatic nitrogens is 3. The van der Waals surface area contributed by atoms with E-state index >= 15 is 0 Å². The highest BCUT2D eigenvalue weighted by Gasteiger charge is 2.16. The van der Waals surface area contributed by atoms with E-state index in [2.05, 4.69) is 15.4 Å². The van der Waals surface area contributed by atoms with Gasteiger partial charge in [-0.1, -0.05) is 0 Å². The van der Waals surface area contributed by atoms with Gasteiger partial charge in [0.15, 0.2) is 5.82 Å². The Bertz CT molecular complexity index is 461. The summed E-state index contributed by atoms with van der Waals surface area (Å²) in [4.78, 5) is 4.36. The minimum absolute atomic E-state index is 0.559. The van der Waals surface area contributed by atoms with E-state index in [1.54, 1.807) is 12.4 Å². The summed E-state index contributed by atoms with van der Waals surface area (Å²) in [5.41, 5.74) is 1.05. The molecule has 1 saturated heterocycles. The average Bonchev–Trinajstić information content (AvgIpc) is 2.87. The summed E-state index contributed by atoms with van der Waals surface area (Å²) in [6.45, 7) is 0. The second-order valence-corrected chi connectivity index (χ2v) is 4.79. The van der Waals surface area contributed by atoms with E-state index in [0.29, 0.717) is 6.04 Å². The van der Waals surface area contributed by atoms with Gasteiger partial charge in [-0.15, -0.1) is 0 Å². The highest BCUT2D eigenvalue weighted by molar-refractivity contribution is 7.99. The summed E-state index contributed by atoms with van der Waals surface area (Å²) in [6.07, 6.45) is 6.67. The Kier molecular flexibility index (Phi) is 2.25. The van der Waals surface area contributed by atoms with Crippen LogP contribution in [-0.2, 0) is 0 Å². The first-order valence-corrected chi connectivity index (χ1v) is 6.21. The fraction of sp³-hybridized carbons (Fsp3) is 0.400. The zero-order valence-electron chi connectivity index (χ0n) is 8.26. The lowest BCUT2D eigenvalue weighted by atomic mass is 10.2. The van der Waals surface area contributed by atoms with Gasteiger partial charge in [-0.05, 0) is 18.2 Å². The molecule has 0 spiro atoms. The van der Waals surface area contributed by atoms with Gasteiger partial charge in [-0.25, -0.2) is 9.50 Å². The largest absolute Gasteiger partial charge is 0.365 e. The summed E-state index contributed by atoms with van der Waals surface area (Å²) < 4.78 is 1.84. The van der Waals surface area contributed by atoms with Crippen molar-refractivity contribution in [3.05, 3.63) is 24.7 Å². The van der Waals surface area contributed by atoms with Crippen molar-refractivity contribution in [2.45, 2.75) is 12.5 Å². The number of hydrogen-bond acceptors (Lipinski definition) is 4. The van der Waals surface area contributed by atoms with Crippen molar-refractivity contribution in [3.63, 3.8) is 0 Å². The van der Waals surface area contributed by atoms with E-state index in [0.717, 1.165) is 11.3 Å². The van der Waals surface area contributed by atoms with Crippen LogP contribution in [0.15, 0.2) is 24.7 Å². The van der Waals surface area contributed by atoms with Crippen LogP contribution >= 0.6 is 11.8 Å². The van der Waals surface area contributed by atoms with Crippen molar-refractivity contribution >= 4 is 23.1 Å². The summed E-state index contributed by atoms with van der Waals surface area (Å²) in [5.74, 6) is 3.37. The van der Waals surface area contributed by atoms with Crippen molar-refractivity contribution in [2.75, 3.05) is 16.8 Å². The lowest BCUT2D eigenvalue weighted by Gasteiger charge is -2.12. The van der Waals surface area contributed by atoms with Crippen LogP contribution in [0.25, 0.3) is 5.52 Å². The molecule has 15 heavy (non-hydrogen) atoms. The molecule has 1 atom stereocenters. The van der Waals surface area contributed by atoms with Gasteiger partial charge < -0.3 is 5.32 Å². The van der Waals surface area contributed by atoms with Crippen molar-refractivity contribution < 1.29 is 0 Å². The molecule has 78 valence electrons. The molecule has 0 radical (unpaired) electrons. The Labute approximate surface area is 92.1 Å². The number of thioether (sulfide) groups is 1. The van der Waals surface area contributed by atoms with E-state index in [-0.39, 0.29) is 0 Å². The van der Waals surface area contributed by atoms with Gasteiger partial charge in [0.1, 0.15) is 5.52 Å². The zero-order chi connectivity index (χ0) is 10.1. The molecule has 1 aliphatic heterocycles. The molecule has 3 rings (SSSR count). The number of anilines is 1. The van der Waals surface area contributed by atoms with Crippen molar-refractivity contribution in [1.29, 1.82) is 0 Å². The number of rotatable bonds is 2. The van der Waals surface area contributed by atoms with Gasteiger partial charge in [0, 0.05) is 24.2 Å². The molecule has 1 unspecified atom stereocenters. The molecule has 2 aromatic rings. The van der Waals surface area contributed by atoms with Crippen LogP contribution in [0.1, 0.15) is 6.42 Å². The molecule has 0 saturated carbocycles. The standard InChI is InChI=1S/C10H12N4S/c1-3-12-14-5-4-11-10(9(1)14)13-8-2-6-15-7-8/h1,3-5,8H,2,6-7H2,(H,11,13). The number of fused-ring (bicyclic) bond motifs is 1. The SMILES string of the molecule is c1cn2nccc2c(NC2CCSC2)n1. The number of hydrogen-bond donors (Lipinski definition) is 1. The monoisotopic (exact) mass is 220 g/mol. The summed E-state index contributed by atoms with van der Waals surface area (Å²) in [5, 5.41) is 7.66. The van der Waals surface area contributed by atoms with Gasteiger partial charge in [0.05, 0.1) is 6.20 Å². The van der Waals surface area contributed by atoms with Crippen LogP contribution in [0.4, 0.5) is 5.82 Å². The Hall–Kier alpha value is -1.23. The molecule has 0 bridgehead atoms. The second kappa shape index (κ2) is 3.73. The molecular formula is C10H12N4S. The van der Waals surface area contributed by atoms with E-state index < -0.39 is 0 Å². The Morgan fingerprint density at radius 1 is 1.47 bits per heavy atom. The molecule has 5 heteroatoms. The van der Waals surface area contributed by atoms with E-state index in [1.807, 2.05) is 28.5 Å². The lowest BCUT2D eigenvalue weighted by molar-refractivity contribution is 0.804. The molecule has 3 heterocycles. The second-order valence-electron chi connectivity index (χ2n) is 3.64. The summed E-state index contributed by atoms with van der Waals surface area (Å²) in [7, 11) is 0. The van der Waals surface area contributed by atoms with Crippen LogP contribution in [0, 0.1) is 0 Å². The maximum atomic E-state index is 4.36. The molecule has 1 aliphatic rings. The number of nitrogens with zero attached hydrogens (tertiary/aromatic N) is 3. The molecular weight excluding hydrogens is 208 g/mol. The first-order chi connectivity index (χ1) is 7.43. The van der Waals surface area contributed by atoms with Crippen LogP contribution in [0.5, 0.6) is 0 Å². The predicted octanol–water partition coefficient (Wildman–Crippen LogP) is 1.65. The molecule has 0 aliphatic carbocycles. The minimum atomic E-state index is 0.559. The Morgan fingerprint density at radius 2 is 2.47 bits per heavy atom. The van der Waals surface area contributed by atoms with E-state index in [9.17, 15) is 0 Å². The molecule has 4 nitrogen and oxygen atoms in total. The maximum absolute atomic E-state index is 4.36. The van der Waals surface area contributed by atoms with Crippen LogP contribution < -0.4 is 5.32 Å². The first-order valence-electron chi connectivity index (χ1n) is 5.06. The van der Waals surface area contributed by atoms with Crippen molar-refractivity contribution in [2.24, 2.45) is 0 Å². The number of nitrogens with one attached hydrogen (secondary N) is 1. The fourth-order valence-corrected chi connectivity index (χ4v) is 2.96. The first kappa shape index (κ1) is 9.03. The topological polar surface area (TPSA) is 42.2 Å². The fourth-order valence-electron chi connectivity index (χ4n) is 1.81. The third kappa shape index (κ3) is 1.67. The normalized spacial score (nSPS) is 20.9. The molecule has 0 aromatic carbocycles. The van der Waals surface area contributed by atoms with E-state index in [1.165, 1.54) is 17.9 Å². The van der Waals surface area contributed by atoms with E-state index in [4.69, 9.17) is 0 Å². The zero-order valence-corrected chi connectivity index (χ0v) is 9.07. The minimum Gasteiger partial charge on any atom is -0.365 e. The predicted molar refractivity (Wildman–Crippen MR) is 62.3 cm³/mol. The smallest absolute Gasteiger partial charge is 0.152 e. The summed E-state index contributed by atoms with van der Waals surface area (Å²) in [6, 6.07) is 2.54. The maximum Gasteiger partial charge on any atom is 0.152 e. The Balaban J connectivity index is 1.92. The molecule has 1 N–H and O–H groups in total. The third-order valence-electron chi connectivity index (χ3n) is 2.59. The quantitative estimate of drug-likeness (QED) is 0.835. The highest BCUT2D eigenvalue weighted by atomic mass is 32.2. The molecule has 0 amide bonds. The molecule has 1 fully saturated rings. The van der Waals surface area contributed by atoms with Gasteiger partial charge in [0.25, 0.3) is 0 Å². The van der Waals surface area contributed by atoms with Crippen molar-refractivity contribution in [3.8, 4) is 0 Å². The van der Waals surface area contributed by atoms with Crippen LogP contribution in [0.3, 0.4) is 0 Å². The summed E-state index contributed by atoms with van der Waals surface area (Å²) >= 11 is 2.00. The molecule has 2 aromatic heterocycles. The van der Waals surface area contributed by atoms with Crippen LogP contribution in [-0.4, -0.2) is 32.1 Å². The Morgan fingerprint density at radius 3 is 3.33 bits per heavy atom. The van der Waals surface area contributed by atoms with Crippen molar-refractivity contribution in [1.82, 2.24) is 14.6 Å². The third-order valence-corrected chi connectivity index (χ3v) is 3.76. The average molecular weight is 220 g/mol. The lowest BCUT2D eigenvalue weighted by Crippen LogP contribution is -2.19. The van der Waals surface area contributed by atoms with Crippen LogP contribution in [0.2, 0.25) is 0 Å². The van der Waals surface area contributed by atoms with Gasteiger partial charge in [0.2, 0.25) is 0 Å². The van der Waals surface area contributed by atoms with Gasteiger partial charge in [-0.3, -0.25) is 0 Å². The van der Waals surface area contributed by atoms with Gasteiger partial charge >= 0.3 is 0 Å². The highest BCUT2D eigenvalue weighted by Crippen LogP contribution is 2.22.